The smallest absolute Gasteiger partial charge is 0.0262 e. The van der Waals surface area contributed by atoms with Crippen molar-refractivity contribution in [3.63, 3.8) is 0 Å². The first-order chi connectivity index (χ1) is 9.43. The number of rotatable bonds is 0. The van der Waals surface area contributed by atoms with E-state index in [1.807, 2.05) is 48.1 Å². The molecule has 0 atom stereocenters. The maximum atomic E-state index is 2.86. The van der Waals surface area contributed by atoms with Crippen molar-refractivity contribution in [1.82, 2.24) is 4.98 Å². The van der Waals surface area contributed by atoms with E-state index in [2.05, 4.69) is 53.5 Å². The lowest BCUT2D eigenvalue weighted by Gasteiger charge is -2.17. The van der Waals surface area contributed by atoms with E-state index in [4.69, 9.17) is 0 Å². The minimum Gasteiger partial charge on any atom is -0.368 e. The molecule has 4 rings (SSSR count). The largest absolute Gasteiger partial charge is 0.368 e. The van der Waals surface area contributed by atoms with E-state index < -0.39 is 0 Å². The molecule has 1 aliphatic heterocycles. The fourth-order valence-electron chi connectivity index (χ4n) is 1.75. The molecule has 3 aromatic rings. The standard InChI is InChI=1S/C12H8S2.C4H5N/c1-2-6-10-9(5-1)13-11-7-3-4-8-12(11)14-10;1-2-4-5-3-1/h1-8H;1-5H. The van der Waals surface area contributed by atoms with Crippen LogP contribution in [0, 0.1) is 0 Å². The Kier molecular flexibility index (Phi) is 3.96. The molecule has 1 nitrogen and oxygen atoms in total. The Hall–Kier alpha value is -1.58. The molecule has 1 aliphatic rings. The first kappa shape index (κ1) is 12.5. The summed E-state index contributed by atoms with van der Waals surface area (Å²) >= 11 is 3.72. The molecule has 0 spiro atoms. The molecule has 3 heteroatoms. The molecule has 0 bridgehead atoms. The Morgan fingerprint density at radius 3 is 1.16 bits per heavy atom. The first-order valence-electron chi connectivity index (χ1n) is 6.05. The number of benzene rings is 2. The molecule has 19 heavy (non-hydrogen) atoms. The van der Waals surface area contributed by atoms with E-state index in [-0.39, 0.29) is 0 Å². The molecule has 0 amide bonds. The second-order valence-corrected chi connectivity index (χ2v) is 6.15. The van der Waals surface area contributed by atoms with Crippen LogP contribution in [-0.4, -0.2) is 4.98 Å². The summed E-state index contributed by atoms with van der Waals surface area (Å²) in [7, 11) is 0. The molecule has 2 heterocycles. The third-order valence-electron chi connectivity index (χ3n) is 2.63. The van der Waals surface area contributed by atoms with Gasteiger partial charge < -0.3 is 4.98 Å². The van der Waals surface area contributed by atoms with E-state index in [0.717, 1.165) is 0 Å². The van der Waals surface area contributed by atoms with E-state index in [0.29, 0.717) is 0 Å². The molecule has 94 valence electrons. The number of aromatic amines is 1. The van der Waals surface area contributed by atoms with Gasteiger partial charge in [0.2, 0.25) is 0 Å². The summed E-state index contributed by atoms with van der Waals surface area (Å²) in [5, 5.41) is 0. The zero-order chi connectivity index (χ0) is 12.9. The van der Waals surface area contributed by atoms with Crippen LogP contribution in [0.3, 0.4) is 0 Å². The number of fused-ring (bicyclic) bond motifs is 2. The third kappa shape index (κ3) is 3.06. The van der Waals surface area contributed by atoms with Crippen LogP contribution < -0.4 is 0 Å². The topological polar surface area (TPSA) is 15.8 Å². The zero-order valence-corrected chi connectivity index (χ0v) is 11.9. The summed E-state index contributed by atoms with van der Waals surface area (Å²) in [6.07, 6.45) is 3.75. The highest BCUT2D eigenvalue weighted by Gasteiger charge is 2.14. The molecule has 0 fully saturated rings. The van der Waals surface area contributed by atoms with E-state index >= 15 is 0 Å². The predicted octanol–water partition coefficient (Wildman–Crippen LogP) is 5.32. The van der Waals surface area contributed by atoms with Gasteiger partial charge in [0.1, 0.15) is 0 Å². The van der Waals surface area contributed by atoms with Gasteiger partial charge in [-0.05, 0) is 36.4 Å². The molecule has 0 radical (unpaired) electrons. The Morgan fingerprint density at radius 1 is 0.526 bits per heavy atom. The van der Waals surface area contributed by atoms with Crippen LogP contribution in [0.2, 0.25) is 0 Å². The predicted molar refractivity (Wildman–Crippen MR) is 81.9 cm³/mol. The molecular formula is C16H13NS2. The normalized spacial score (nSPS) is 11.8. The van der Waals surface area contributed by atoms with Crippen molar-refractivity contribution >= 4 is 23.5 Å². The summed E-state index contributed by atoms with van der Waals surface area (Å²) < 4.78 is 0. The summed E-state index contributed by atoms with van der Waals surface area (Å²) in [5.74, 6) is 0. The van der Waals surface area contributed by atoms with E-state index in [1.54, 1.807) is 0 Å². The Morgan fingerprint density at radius 2 is 0.895 bits per heavy atom. The molecule has 0 saturated heterocycles. The maximum Gasteiger partial charge on any atom is 0.0262 e. The second-order valence-electron chi connectivity index (χ2n) is 3.98. The Labute approximate surface area is 121 Å². The SMILES string of the molecule is c1cc[nH]c1.c1ccc2c(c1)Sc1ccccc1S2. The lowest BCUT2D eigenvalue weighted by Crippen LogP contribution is -1.87. The van der Waals surface area contributed by atoms with Crippen LogP contribution in [-0.2, 0) is 0 Å². The van der Waals surface area contributed by atoms with Crippen molar-refractivity contribution in [3.8, 4) is 0 Å². The van der Waals surface area contributed by atoms with Gasteiger partial charge in [-0.25, -0.2) is 0 Å². The van der Waals surface area contributed by atoms with Gasteiger partial charge >= 0.3 is 0 Å². The van der Waals surface area contributed by atoms with Gasteiger partial charge in [-0.15, -0.1) is 0 Å². The minimum absolute atomic E-state index is 1.37. The van der Waals surface area contributed by atoms with E-state index in [9.17, 15) is 0 Å². The van der Waals surface area contributed by atoms with Gasteiger partial charge in [0.25, 0.3) is 0 Å². The van der Waals surface area contributed by atoms with Crippen molar-refractivity contribution < 1.29 is 0 Å². The molecule has 0 aliphatic carbocycles. The fourth-order valence-corrected chi connectivity index (χ4v) is 3.99. The highest BCUT2D eigenvalue weighted by molar-refractivity contribution is 8.05. The molecular weight excluding hydrogens is 270 g/mol. The molecule has 1 N–H and O–H groups in total. The van der Waals surface area contributed by atoms with Crippen LogP contribution in [0.25, 0.3) is 0 Å². The molecule has 0 unspecified atom stereocenters. The van der Waals surface area contributed by atoms with Crippen LogP contribution in [0.15, 0.2) is 92.6 Å². The maximum absolute atomic E-state index is 2.86. The second kappa shape index (κ2) is 6.04. The highest BCUT2D eigenvalue weighted by atomic mass is 32.2. The summed E-state index contributed by atoms with van der Waals surface area (Å²) in [6.45, 7) is 0. The van der Waals surface area contributed by atoms with Gasteiger partial charge in [0.15, 0.2) is 0 Å². The van der Waals surface area contributed by atoms with Gasteiger partial charge in [-0.3, -0.25) is 0 Å². The van der Waals surface area contributed by atoms with Crippen LogP contribution in [0.4, 0.5) is 0 Å². The van der Waals surface area contributed by atoms with Crippen molar-refractivity contribution in [2.45, 2.75) is 19.6 Å². The van der Waals surface area contributed by atoms with Crippen molar-refractivity contribution in [2.24, 2.45) is 0 Å². The number of aromatic nitrogens is 1. The molecule has 0 saturated carbocycles. The fraction of sp³-hybridized carbons (Fsp3) is 0. The first-order valence-corrected chi connectivity index (χ1v) is 7.68. The Balaban J connectivity index is 0.000000187. The molecule has 2 aromatic carbocycles. The van der Waals surface area contributed by atoms with E-state index in [1.165, 1.54) is 19.6 Å². The zero-order valence-electron chi connectivity index (χ0n) is 10.2. The third-order valence-corrected chi connectivity index (χ3v) is 5.20. The summed E-state index contributed by atoms with van der Waals surface area (Å²) in [5.41, 5.74) is 0. The minimum atomic E-state index is 1.37. The average Bonchev–Trinajstić information content (AvgIpc) is 3.04. The highest BCUT2D eigenvalue weighted by Crippen LogP contribution is 2.47. The van der Waals surface area contributed by atoms with Crippen molar-refractivity contribution in [1.29, 1.82) is 0 Å². The van der Waals surface area contributed by atoms with Crippen LogP contribution >= 0.6 is 23.5 Å². The number of hydrogen-bond donors (Lipinski definition) is 1. The molecule has 1 aromatic heterocycles. The van der Waals surface area contributed by atoms with Gasteiger partial charge in [-0.1, -0.05) is 47.8 Å². The number of hydrogen-bond acceptors (Lipinski definition) is 2. The van der Waals surface area contributed by atoms with Gasteiger partial charge in [0.05, 0.1) is 0 Å². The van der Waals surface area contributed by atoms with Gasteiger partial charge in [-0.2, -0.15) is 0 Å². The number of H-pyrrole nitrogens is 1. The van der Waals surface area contributed by atoms with Crippen LogP contribution in [0.1, 0.15) is 0 Å². The quantitative estimate of drug-likeness (QED) is 0.470. The lowest BCUT2D eigenvalue weighted by atomic mass is 10.3. The average molecular weight is 283 g/mol. The van der Waals surface area contributed by atoms with Crippen molar-refractivity contribution in [2.75, 3.05) is 0 Å². The van der Waals surface area contributed by atoms with Crippen molar-refractivity contribution in [3.05, 3.63) is 73.1 Å². The summed E-state index contributed by atoms with van der Waals surface area (Å²) in [4.78, 5) is 8.35. The lowest BCUT2D eigenvalue weighted by molar-refractivity contribution is 1.16. The van der Waals surface area contributed by atoms with Crippen LogP contribution in [0.5, 0.6) is 0 Å². The summed E-state index contributed by atoms with van der Waals surface area (Å²) in [6, 6.07) is 21.0. The number of nitrogens with one attached hydrogen (secondary N) is 1. The Bertz CT molecular complexity index is 543. The monoisotopic (exact) mass is 283 g/mol. The van der Waals surface area contributed by atoms with Gasteiger partial charge in [0, 0.05) is 32.0 Å².